The fourth-order valence-corrected chi connectivity index (χ4v) is 9.29. The van der Waals surface area contributed by atoms with E-state index in [1.165, 1.54) is 72.3 Å². The van der Waals surface area contributed by atoms with E-state index in [2.05, 4.69) is 218 Å². The molecule has 0 atom stereocenters. The van der Waals surface area contributed by atoms with E-state index in [9.17, 15) is 0 Å². The molecular formula is C56H38O2. The van der Waals surface area contributed by atoms with Gasteiger partial charge in [-0.2, -0.15) is 0 Å². The van der Waals surface area contributed by atoms with Crippen LogP contribution in [-0.4, -0.2) is 6.79 Å². The standard InChI is InChI=1S/C56H38O2/c1-4-15-38(16-5-1)41-21-10-23-43(31-41)45-25-12-27-47(33-45)56(48-28-13-26-46(34-48)44-24-11-22-42(32-44)39-17-6-2-7-18-39)51-30-14-29-49(40-19-8-3-9-20-40)55(51)50-35-53-54(36-52(50)56)58-37-57-53/h1-36H,37H2. The van der Waals surface area contributed by atoms with Gasteiger partial charge >= 0.3 is 0 Å². The minimum absolute atomic E-state index is 0.207. The number of rotatable bonds is 7. The monoisotopic (exact) mass is 742 g/mol. The molecule has 0 N–H and O–H groups in total. The van der Waals surface area contributed by atoms with Crippen molar-refractivity contribution in [2.75, 3.05) is 6.79 Å². The maximum absolute atomic E-state index is 6.18. The summed E-state index contributed by atoms with van der Waals surface area (Å²) in [5, 5.41) is 0. The molecule has 11 rings (SSSR count). The van der Waals surface area contributed by atoms with Gasteiger partial charge in [-0.25, -0.2) is 0 Å². The van der Waals surface area contributed by atoms with Crippen LogP contribution in [0.1, 0.15) is 22.3 Å². The summed E-state index contributed by atoms with van der Waals surface area (Å²) in [6.45, 7) is 0.207. The largest absolute Gasteiger partial charge is 0.454 e. The van der Waals surface area contributed by atoms with Crippen molar-refractivity contribution in [1.29, 1.82) is 0 Å². The van der Waals surface area contributed by atoms with E-state index in [0.29, 0.717) is 0 Å². The summed E-state index contributed by atoms with van der Waals surface area (Å²) in [6, 6.07) is 79.4. The van der Waals surface area contributed by atoms with Crippen molar-refractivity contribution < 1.29 is 9.47 Å². The van der Waals surface area contributed by atoms with E-state index in [1.807, 2.05) is 0 Å². The van der Waals surface area contributed by atoms with Crippen LogP contribution in [0.5, 0.6) is 11.5 Å². The fourth-order valence-electron chi connectivity index (χ4n) is 9.29. The Hall–Kier alpha value is -7.42. The molecule has 0 saturated carbocycles. The molecule has 0 spiro atoms. The summed E-state index contributed by atoms with van der Waals surface area (Å²) in [7, 11) is 0. The average molecular weight is 743 g/mol. The van der Waals surface area contributed by atoms with Gasteiger partial charge in [0.25, 0.3) is 0 Å². The van der Waals surface area contributed by atoms with Gasteiger partial charge in [-0.05, 0) is 125 Å². The van der Waals surface area contributed by atoms with Gasteiger partial charge in [0.05, 0.1) is 5.41 Å². The third kappa shape index (κ3) is 5.56. The van der Waals surface area contributed by atoms with Gasteiger partial charge in [0.2, 0.25) is 6.79 Å². The fraction of sp³-hybridized carbons (Fsp3) is 0.0357. The van der Waals surface area contributed by atoms with Crippen molar-refractivity contribution in [2.45, 2.75) is 5.41 Å². The molecule has 1 heterocycles. The Labute approximate surface area is 339 Å². The first-order valence-corrected chi connectivity index (χ1v) is 19.9. The van der Waals surface area contributed by atoms with Gasteiger partial charge < -0.3 is 9.47 Å². The second kappa shape index (κ2) is 14.0. The Balaban J connectivity index is 1.18. The SMILES string of the molecule is c1ccc(-c2cccc(-c3cccc(C4(c5cccc(-c6cccc(-c7ccccc7)c6)c5)c5cc6c(cc5-c5c(-c7ccccc7)cccc54)OCO6)c3)c2)cc1. The van der Waals surface area contributed by atoms with Crippen LogP contribution in [0.4, 0.5) is 0 Å². The van der Waals surface area contributed by atoms with E-state index < -0.39 is 5.41 Å². The first-order valence-electron chi connectivity index (χ1n) is 19.9. The Morgan fingerprint density at radius 3 is 1.24 bits per heavy atom. The van der Waals surface area contributed by atoms with Crippen LogP contribution in [0.25, 0.3) is 66.8 Å². The van der Waals surface area contributed by atoms with E-state index in [-0.39, 0.29) is 6.79 Å². The summed E-state index contributed by atoms with van der Waals surface area (Å²) in [4.78, 5) is 0. The first kappa shape index (κ1) is 33.9. The van der Waals surface area contributed by atoms with E-state index >= 15 is 0 Å². The van der Waals surface area contributed by atoms with Crippen LogP contribution < -0.4 is 9.47 Å². The molecule has 0 radical (unpaired) electrons. The molecule has 2 aliphatic rings. The number of hydrogen-bond donors (Lipinski definition) is 0. The van der Waals surface area contributed by atoms with Crippen LogP contribution in [0.2, 0.25) is 0 Å². The maximum atomic E-state index is 6.18. The predicted octanol–water partition coefficient (Wildman–Crippen LogP) is 14.1. The average Bonchev–Trinajstić information content (AvgIpc) is 3.89. The highest BCUT2D eigenvalue weighted by molar-refractivity contribution is 5.97. The third-order valence-electron chi connectivity index (χ3n) is 11.9. The minimum Gasteiger partial charge on any atom is -0.454 e. The molecule has 0 bridgehead atoms. The molecule has 0 fully saturated rings. The molecule has 0 saturated heterocycles. The topological polar surface area (TPSA) is 18.5 Å². The summed E-state index contributed by atoms with van der Waals surface area (Å²) in [5.41, 5.74) is 18.3. The Kier molecular flexibility index (Phi) is 8.15. The third-order valence-corrected chi connectivity index (χ3v) is 11.9. The lowest BCUT2D eigenvalue weighted by molar-refractivity contribution is 0.174. The molecule has 0 amide bonds. The summed E-state index contributed by atoms with van der Waals surface area (Å²) >= 11 is 0. The van der Waals surface area contributed by atoms with Gasteiger partial charge in [0.1, 0.15) is 0 Å². The highest BCUT2D eigenvalue weighted by atomic mass is 16.7. The van der Waals surface area contributed by atoms with Crippen molar-refractivity contribution in [2.24, 2.45) is 0 Å². The molecule has 0 unspecified atom stereocenters. The molecule has 1 aliphatic heterocycles. The minimum atomic E-state index is -0.698. The van der Waals surface area contributed by atoms with Gasteiger partial charge in [-0.1, -0.05) is 182 Å². The zero-order chi connectivity index (χ0) is 38.5. The van der Waals surface area contributed by atoms with Crippen molar-refractivity contribution in [3.63, 3.8) is 0 Å². The van der Waals surface area contributed by atoms with Gasteiger partial charge in [0, 0.05) is 0 Å². The van der Waals surface area contributed by atoms with Gasteiger partial charge in [-0.3, -0.25) is 0 Å². The lowest BCUT2D eigenvalue weighted by atomic mass is 9.66. The van der Waals surface area contributed by atoms with E-state index in [0.717, 1.165) is 28.2 Å². The molecule has 9 aromatic rings. The van der Waals surface area contributed by atoms with Crippen LogP contribution >= 0.6 is 0 Å². The number of benzene rings is 9. The second-order valence-corrected chi connectivity index (χ2v) is 15.2. The molecular weight excluding hydrogens is 705 g/mol. The van der Waals surface area contributed by atoms with Gasteiger partial charge in [-0.15, -0.1) is 0 Å². The predicted molar refractivity (Wildman–Crippen MR) is 237 cm³/mol. The molecule has 2 nitrogen and oxygen atoms in total. The molecule has 0 aromatic heterocycles. The summed E-state index contributed by atoms with van der Waals surface area (Å²) in [6.07, 6.45) is 0. The summed E-state index contributed by atoms with van der Waals surface area (Å²) < 4.78 is 12.3. The number of fused-ring (bicyclic) bond motifs is 4. The van der Waals surface area contributed by atoms with Crippen molar-refractivity contribution in [1.82, 2.24) is 0 Å². The molecule has 1 aliphatic carbocycles. The van der Waals surface area contributed by atoms with Gasteiger partial charge in [0.15, 0.2) is 11.5 Å². The van der Waals surface area contributed by atoms with E-state index in [1.54, 1.807) is 0 Å². The smallest absolute Gasteiger partial charge is 0.231 e. The van der Waals surface area contributed by atoms with Crippen molar-refractivity contribution in [3.8, 4) is 78.3 Å². The zero-order valence-corrected chi connectivity index (χ0v) is 31.8. The maximum Gasteiger partial charge on any atom is 0.231 e. The molecule has 274 valence electrons. The lowest BCUT2D eigenvalue weighted by Crippen LogP contribution is -2.28. The highest BCUT2D eigenvalue weighted by Crippen LogP contribution is 2.61. The van der Waals surface area contributed by atoms with Crippen LogP contribution in [0.15, 0.2) is 218 Å². The molecule has 2 heteroatoms. The number of ether oxygens (including phenoxy) is 2. The second-order valence-electron chi connectivity index (χ2n) is 15.2. The Morgan fingerprint density at radius 2 is 0.707 bits per heavy atom. The first-order chi connectivity index (χ1) is 28.7. The van der Waals surface area contributed by atoms with E-state index in [4.69, 9.17) is 9.47 Å². The number of hydrogen-bond acceptors (Lipinski definition) is 2. The lowest BCUT2D eigenvalue weighted by Gasteiger charge is -2.34. The van der Waals surface area contributed by atoms with Crippen LogP contribution in [-0.2, 0) is 5.41 Å². The van der Waals surface area contributed by atoms with Crippen molar-refractivity contribution in [3.05, 3.63) is 241 Å². The Bertz CT molecular complexity index is 2840. The molecule has 58 heavy (non-hydrogen) atoms. The zero-order valence-electron chi connectivity index (χ0n) is 31.8. The quantitative estimate of drug-likeness (QED) is 0.162. The summed E-state index contributed by atoms with van der Waals surface area (Å²) in [5.74, 6) is 1.55. The van der Waals surface area contributed by atoms with Crippen LogP contribution in [0, 0.1) is 0 Å². The highest BCUT2D eigenvalue weighted by Gasteiger charge is 2.48. The normalized spacial score (nSPS) is 13.2. The Morgan fingerprint density at radius 1 is 0.293 bits per heavy atom. The van der Waals surface area contributed by atoms with Crippen LogP contribution in [0.3, 0.4) is 0 Å². The molecule has 9 aromatic carbocycles. The van der Waals surface area contributed by atoms with Crippen molar-refractivity contribution >= 4 is 0 Å².